The topological polar surface area (TPSA) is 96.4 Å². The van der Waals surface area contributed by atoms with Gasteiger partial charge in [-0.1, -0.05) is 5.92 Å². The van der Waals surface area contributed by atoms with Gasteiger partial charge in [-0.3, -0.25) is 0 Å². The Labute approximate surface area is 96.4 Å². The van der Waals surface area contributed by atoms with E-state index in [1.807, 2.05) is 0 Å². The number of rotatable bonds is 4. The molecule has 0 aliphatic rings. The zero-order chi connectivity index (χ0) is 12.2. The van der Waals surface area contributed by atoms with Crippen LogP contribution in [0.4, 0.5) is 0 Å². The van der Waals surface area contributed by atoms with Gasteiger partial charge in [-0.15, -0.1) is 17.3 Å². The zero-order valence-corrected chi connectivity index (χ0v) is 9.85. The van der Waals surface area contributed by atoms with E-state index in [1.54, 1.807) is 6.92 Å². The molecule has 2 N–H and O–H groups in total. The number of nitrogens with one attached hydrogen (secondary N) is 1. The summed E-state index contributed by atoms with van der Waals surface area (Å²) in [5, 5.41) is 8.71. The van der Waals surface area contributed by atoms with Crippen LogP contribution in [0.5, 0.6) is 0 Å². The zero-order valence-electron chi connectivity index (χ0n) is 8.22. The minimum Gasteiger partial charge on any atom is -0.476 e. The Morgan fingerprint density at radius 2 is 2.38 bits per heavy atom. The average molecular weight is 260 g/mol. The molecular weight excluding hydrogens is 252 g/mol. The van der Waals surface area contributed by atoms with Crippen molar-refractivity contribution >= 4 is 27.3 Å². The van der Waals surface area contributed by atoms with Gasteiger partial charge in [0, 0.05) is 0 Å². The molecule has 0 amide bonds. The van der Waals surface area contributed by atoms with Crippen LogP contribution in [-0.4, -0.2) is 31.0 Å². The summed E-state index contributed by atoms with van der Waals surface area (Å²) in [5.74, 6) is 3.66. The van der Waals surface area contributed by atoms with Crippen LogP contribution in [-0.2, 0) is 10.0 Å². The molecule has 0 aliphatic carbocycles. The lowest BCUT2D eigenvalue weighted by Crippen LogP contribution is -2.24. The molecule has 0 radical (unpaired) electrons. The smallest absolute Gasteiger partial charge is 0.356 e. The van der Waals surface area contributed by atoms with Crippen LogP contribution in [0.25, 0.3) is 0 Å². The SMILES string of the molecule is CC#CCNS(=O)(=O)c1scnc1C(=O)O. The second kappa shape index (κ2) is 5.07. The molecule has 0 unspecified atom stereocenters. The Morgan fingerprint density at radius 3 is 2.94 bits per heavy atom. The number of carbonyl (C=O) groups is 1. The van der Waals surface area contributed by atoms with E-state index in [0.717, 1.165) is 11.3 Å². The first-order chi connectivity index (χ1) is 7.49. The van der Waals surface area contributed by atoms with Gasteiger partial charge in [0.25, 0.3) is 10.0 Å². The van der Waals surface area contributed by atoms with Crippen molar-refractivity contribution in [2.45, 2.75) is 11.1 Å². The molecule has 86 valence electrons. The van der Waals surface area contributed by atoms with Gasteiger partial charge in [-0.2, -0.15) is 4.72 Å². The maximum absolute atomic E-state index is 11.6. The van der Waals surface area contributed by atoms with Crippen LogP contribution in [0, 0.1) is 11.8 Å². The maximum Gasteiger partial charge on any atom is 0.356 e. The second-order valence-corrected chi connectivity index (χ2v) is 5.36. The molecule has 0 spiro atoms. The van der Waals surface area contributed by atoms with Crippen LogP contribution in [0.3, 0.4) is 0 Å². The van der Waals surface area contributed by atoms with Crippen molar-refractivity contribution in [2.24, 2.45) is 0 Å². The first-order valence-corrected chi connectivity index (χ1v) is 6.41. The molecule has 0 saturated carbocycles. The molecule has 0 saturated heterocycles. The van der Waals surface area contributed by atoms with Crippen molar-refractivity contribution in [1.29, 1.82) is 0 Å². The molecule has 0 aromatic carbocycles. The lowest BCUT2D eigenvalue weighted by Gasteiger charge is -2.00. The van der Waals surface area contributed by atoms with Crippen LogP contribution < -0.4 is 4.72 Å². The Morgan fingerprint density at radius 1 is 1.69 bits per heavy atom. The van der Waals surface area contributed by atoms with Crippen molar-refractivity contribution < 1.29 is 18.3 Å². The van der Waals surface area contributed by atoms with Gasteiger partial charge in [0.1, 0.15) is 0 Å². The van der Waals surface area contributed by atoms with Crippen molar-refractivity contribution in [1.82, 2.24) is 9.71 Å². The van der Waals surface area contributed by atoms with E-state index in [1.165, 1.54) is 5.51 Å². The predicted octanol–water partition coefficient (Wildman–Crippen LogP) is 0.143. The van der Waals surface area contributed by atoms with Gasteiger partial charge in [0.2, 0.25) is 0 Å². The molecule has 8 heteroatoms. The van der Waals surface area contributed by atoms with Crippen molar-refractivity contribution in [2.75, 3.05) is 6.54 Å². The maximum atomic E-state index is 11.6. The number of carboxylic acid groups (broad SMARTS) is 1. The fourth-order valence-corrected chi connectivity index (χ4v) is 2.96. The third-order valence-electron chi connectivity index (χ3n) is 1.51. The third-order valence-corrected chi connectivity index (χ3v) is 4.28. The summed E-state index contributed by atoms with van der Waals surface area (Å²) < 4.78 is 25.1. The molecule has 1 aromatic rings. The van der Waals surface area contributed by atoms with Gasteiger partial charge in [-0.05, 0) is 6.92 Å². The summed E-state index contributed by atoms with van der Waals surface area (Å²) in [7, 11) is -3.84. The number of aromatic nitrogens is 1. The van der Waals surface area contributed by atoms with Crippen molar-refractivity contribution in [3.05, 3.63) is 11.2 Å². The fraction of sp³-hybridized carbons (Fsp3) is 0.250. The number of thiazole rings is 1. The highest BCUT2D eigenvalue weighted by molar-refractivity contribution is 7.91. The summed E-state index contributed by atoms with van der Waals surface area (Å²) in [6, 6.07) is 0. The van der Waals surface area contributed by atoms with Gasteiger partial charge in [0.05, 0.1) is 12.1 Å². The molecule has 0 atom stereocenters. The Bertz CT molecular complexity index is 550. The highest BCUT2D eigenvalue weighted by atomic mass is 32.2. The molecule has 1 rings (SSSR count). The number of nitrogens with zero attached hydrogens (tertiary/aromatic N) is 1. The minimum atomic E-state index is -3.84. The molecule has 1 aromatic heterocycles. The highest BCUT2D eigenvalue weighted by Crippen LogP contribution is 2.19. The summed E-state index contributed by atoms with van der Waals surface area (Å²) in [5.41, 5.74) is 0.700. The Balaban J connectivity index is 3.01. The third kappa shape index (κ3) is 2.79. The van der Waals surface area contributed by atoms with Gasteiger partial charge in [0.15, 0.2) is 9.90 Å². The number of hydrogen-bond donors (Lipinski definition) is 2. The Hall–Kier alpha value is -1.43. The van der Waals surface area contributed by atoms with Gasteiger partial charge in [-0.25, -0.2) is 18.2 Å². The first kappa shape index (κ1) is 12.6. The number of aromatic carboxylic acids is 1. The van der Waals surface area contributed by atoms with Crippen LogP contribution in [0.2, 0.25) is 0 Å². The predicted molar refractivity (Wildman–Crippen MR) is 57.7 cm³/mol. The molecular formula is C8H8N2O4S2. The summed E-state index contributed by atoms with van der Waals surface area (Å²) in [6.45, 7) is 1.51. The monoisotopic (exact) mass is 260 g/mol. The number of hydrogen-bond acceptors (Lipinski definition) is 5. The van der Waals surface area contributed by atoms with Gasteiger partial charge < -0.3 is 5.11 Å². The van der Waals surface area contributed by atoms with E-state index in [2.05, 4.69) is 21.5 Å². The van der Waals surface area contributed by atoms with Crippen molar-refractivity contribution in [3.63, 3.8) is 0 Å². The molecule has 6 nitrogen and oxygen atoms in total. The van der Waals surface area contributed by atoms with E-state index >= 15 is 0 Å². The fourth-order valence-electron chi connectivity index (χ4n) is 0.854. The van der Waals surface area contributed by atoms with Crippen LogP contribution in [0.15, 0.2) is 9.72 Å². The molecule has 0 aliphatic heterocycles. The number of sulfonamides is 1. The Kier molecular flexibility index (Phi) is 4.00. The second-order valence-electron chi connectivity index (χ2n) is 2.54. The summed E-state index contributed by atoms with van der Waals surface area (Å²) in [4.78, 5) is 14.2. The largest absolute Gasteiger partial charge is 0.476 e. The normalized spacial score (nSPS) is 10.6. The van der Waals surface area contributed by atoms with E-state index in [4.69, 9.17) is 5.11 Å². The quantitative estimate of drug-likeness (QED) is 0.751. The molecule has 0 fully saturated rings. The summed E-state index contributed by atoms with van der Waals surface area (Å²) >= 11 is 0.752. The lowest BCUT2D eigenvalue weighted by molar-refractivity contribution is 0.0687. The van der Waals surface area contributed by atoms with E-state index in [0.29, 0.717) is 0 Å². The standard InChI is InChI=1S/C8H8N2O4S2/c1-2-3-4-10-16(13,14)8-6(7(11)12)9-5-15-8/h5,10H,4H2,1H3,(H,11,12). The average Bonchev–Trinajstić information content (AvgIpc) is 2.66. The molecule has 0 bridgehead atoms. The lowest BCUT2D eigenvalue weighted by atomic mass is 10.5. The van der Waals surface area contributed by atoms with Crippen LogP contribution >= 0.6 is 11.3 Å². The van der Waals surface area contributed by atoms with Gasteiger partial charge >= 0.3 is 5.97 Å². The van der Waals surface area contributed by atoms with E-state index in [-0.39, 0.29) is 10.8 Å². The van der Waals surface area contributed by atoms with E-state index in [9.17, 15) is 13.2 Å². The minimum absolute atomic E-state index is 0.0597. The first-order valence-electron chi connectivity index (χ1n) is 4.05. The summed E-state index contributed by atoms with van der Waals surface area (Å²) in [6.07, 6.45) is 0. The van der Waals surface area contributed by atoms with E-state index < -0.39 is 21.7 Å². The number of carboxylic acids is 1. The molecule has 1 heterocycles. The van der Waals surface area contributed by atoms with Crippen LogP contribution in [0.1, 0.15) is 17.4 Å². The highest BCUT2D eigenvalue weighted by Gasteiger charge is 2.24. The molecule has 16 heavy (non-hydrogen) atoms. The van der Waals surface area contributed by atoms with Crippen molar-refractivity contribution in [3.8, 4) is 11.8 Å².